The van der Waals surface area contributed by atoms with Crippen LogP contribution in [0, 0.1) is 0 Å². The average Bonchev–Trinajstić information content (AvgIpc) is 2.44. The van der Waals surface area contributed by atoms with Gasteiger partial charge in [-0.2, -0.15) is 4.31 Å². The molecule has 2 rings (SSSR count). The molecule has 2 fully saturated rings. The van der Waals surface area contributed by atoms with Crippen molar-refractivity contribution in [3.63, 3.8) is 0 Å². The number of morpholine rings is 1. The maximum absolute atomic E-state index is 12.4. The summed E-state index contributed by atoms with van der Waals surface area (Å²) in [6.07, 6.45) is 1.81. The van der Waals surface area contributed by atoms with E-state index >= 15 is 0 Å². The Bertz CT molecular complexity index is 508. The topological polar surface area (TPSA) is 70.2 Å². The van der Waals surface area contributed by atoms with E-state index in [2.05, 4.69) is 0 Å². The second-order valence-electron chi connectivity index (χ2n) is 6.49. The summed E-state index contributed by atoms with van der Waals surface area (Å²) in [5.41, 5.74) is 0. The third kappa shape index (κ3) is 3.98. The summed E-state index contributed by atoms with van der Waals surface area (Å²) in [5.74, 6) is 0.0497. The first-order valence-corrected chi connectivity index (χ1v) is 9.61. The molecule has 2 heterocycles. The van der Waals surface area contributed by atoms with Crippen molar-refractivity contribution in [3.05, 3.63) is 0 Å². The first-order valence-electron chi connectivity index (χ1n) is 7.76. The van der Waals surface area contributed by atoms with Gasteiger partial charge in [-0.05, 0) is 27.3 Å². The Hall–Kier alpha value is -0.700. The predicted molar refractivity (Wildman–Crippen MR) is 84.0 cm³/mol. The third-order valence-electron chi connectivity index (χ3n) is 4.58. The number of hydrogen-bond acceptors (Lipinski definition) is 5. The largest absolute Gasteiger partial charge is 0.375 e. The van der Waals surface area contributed by atoms with E-state index in [1.807, 2.05) is 25.8 Å². The van der Waals surface area contributed by atoms with Crippen LogP contribution in [0.25, 0.3) is 0 Å². The zero-order valence-corrected chi connectivity index (χ0v) is 14.7. The zero-order chi connectivity index (χ0) is 16.5. The fourth-order valence-electron chi connectivity index (χ4n) is 2.98. The minimum absolute atomic E-state index is 0.0497. The van der Waals surface area contributed by atoms with Crippen molar-refractivity contribution in [3.8, 4) is 0 Å². The van der Waals surface area contributed by atoms with Gasteiger partial charge in [0.05, 0.1) is 31.6 Å². The number of carbonyl (C=O) groups is 1. The van der Waals surface area contributed by atoms with Crippen molar-refractivity contribution in [1.82, 2.24) is 14.1 Å². The first-order chi connectivity index (χ1) is 10.2. The standard InChI is InChI=1S/C14H27N3O4S/c1-11(2)15(3)10-14(18)16-6-5-13-12(9-16)17(7-8-21-13)22(4,19)20/h11-13H,5-10H2,1-4H3/t12-,13-/m0/s1. The second kappa shape index (κ2) is 6.82. The number of fused-ring (bicyclic) bond motifs is 1. The Morgan fingerprint density at radius 2 is 2.05 bits per heavy atom. The van der Waals surface area contributed by atoms with Crippen LogP contribution in [0.1, 0.15) is 20.3 Å². The van der Waals surface area contributed by atoms with Gasteiger partial charge in [0.1, 0.15) is 0 Å². The van der Waals surface area contributed by atoms with Crippen molar-refractivity contribution >= 4 is 15.9 Å². The van der Waals surface area contributed by atoms with E-state index < -0.39 is 10.0 Å². The average molecular weight is 333 g/mol. The van der Waals surface area contributed by atoms with Gasteiger partial charge < -0.3 is 9.64 Å². The van der Waals surface area contributed by atoms with Crippen LogP contribution in [0.3, 0.4) is 0 Å². The lowest BCUT2D eigenvalue weighted by atomic mass is 10.0. The molecule has 2 aliphatic heterocycles. The van der Waals surface area contributed by atoms with Gasteiger partial charge in [0.2, 0.25) is 15.9 Å². The van der Waals surface area contributed by atoms with Crippen LogP contribution >= 0.6 is 0 Å². The Morgan fingerprint density at radius 3 is 2.64 bits per heavy atom. The molecule has 0 aliphatic carbocycles. The number of piperidine rings is 1. The number of amides is 1. The fourth-order valence-corrected chi connectivity index (χ4v) is 4.08. The van der Waals surface area contributed by atoms with E-state index in [0.717, 1.165) is 0 Å². The van der Waals surface area contributed by atoms with Crippen molar-refractivity contribution in [2.75, 3.05) is 46.1 Å². The van der Waals surface area contributed by atoms with Crippen molar-refractivity contribution in [2.24, 2.45) is 0 Å². The molecule has 22 heavy (non-hydrogen) atoms. The van der Waals surface area contributed by atoms with Gasteiger partial charge in [0, 0.05) is 25.7 Å². The number of carbonyl (C=O) groups excluding carboxylic acids is 1. The van der Waals surface area contributed by atoms with Gasteiger partial charge in [-0.15, -0.1) is 0 Å². The van der Waals surface area contributed by atoms with Gasteiger partial charge in [-0.25, -0.2) is 8.42 Å². The third-order valence-corrected chi connectivity index (χ3v) is 5.88. The lowest BCUT2D eigenvalue weighted by Crippen LogP contribution is -2.62. The first kappa shape index (κ1) is 17.7. The van der Waals surface area contributed by atoms with E-state index in [4.69, 9.17) is 4.74 Å². The molecule has 0 spiro atoms. The highest BCUT2D eigenvalue weighted by Crippen LogP contribution is 2.25. The fraction of sp³-hybridized carbons (Fsp3) is 0.929. The monoisotopic (exact) mass is 333 g/mol. The zero-order valence-electron chi connectivity index (χ0n) is 13.9. The number of nitrogens with zero attached hydrogens (tertiary/aromatic N) is 3. The van der Waals surface area contributed by atoms with Crippen LogP contribution in [0.15, 0.2) is 0 Å². The SMILES string of the molecule is CC(C)N(C)CC(=O)N1CC[C@@H]2OCCN(S(C)(=O)=O)[C@H]2C1. The second-order valence-corrected chi connectivity index (χ2v) is 8.42. The molecule has 0 aromatic rings. The number of likely N-dealkylation sites (N-methyl/N-ethyl adjacent to an activating group) is 1. The Balaban J connectivity index is 2.05. The van der Waals surface area contributed by atoms with Crippen molar-refractivity contribution < 1.29 is 17.9 Å². The highest BCUT2D eigenvalue weighted by Gasteiger charge is 2.41. The van der Waals surface area contributed by atoms with Gasteiger partial charge >= 0.3 is 0 Å². The Kier molecular flexibility index (Phi) is 5.47. The lowest BCUT2D eigenvalue weighted by Gasteiger charge is -2.46. The molecule has 0 aromatic heterocycles. The predicted octanol–water partition coefficient (Wildman–Crippen LogP) is -0.412. The minimum atomic E-state index is -3.28. The Labute approximate surface area is 133 Å². The summed E-state index contributed by atoms with van der Waals surface area (Å²) in [6, 6.07) is 0.0397. The van der Waals surface area contributed by atoms with E-state index in [-0.39, 0.29) is 18.1 Å². The molecule has 0 unspecified atom stereocenters. The molecular formula is C14H27N3O4S. The highest BCUT2D eigenvalue weighted by molar-refractivity contribution is 7.88. The van der Waals surface area contributed by atoms with E-state index in [1.165, 1.54) is 10.6 Å². The van der Waals surface area contributed by atoms with Gasteiger partial charge in [0.25, 0.3) is 0 Å². The van der Waals surface area contributed by atoms with Gasteiger partial charge in [0.15, 0.2) is 0 Å². The van der Waals surface area contributed by atoms with Crippen molar-refractivity contribution in [1.29, 1.82) is 0 Å². The van der Waals surface area contributed by atoms with E-state index in [0.29, 0.717) is 45.2 Å². The highest BCUT2D eigenvalue weighted by atomic mass is 32.2. The van der Waals surface area contributed by atoms with Crippen LogP contribution in [0.4, 0.5) is 0 Å². The molecular weight excluding hydrogens is 306 g/mol. The number of rotatable bonds is 4. The van der Waals surface area contributed by atoms with Crippen LogP contribution in [-0.2, 0) is 19.6 Å². The number of hydrogen-bond donors (Lipinski definition) is 0. The molecule has 128 valence electrons. The summed E-state index contributed by atoms with van der Waals surface area (Å²) < 4.78 is 31.1. The molecule has 0 N–H and O–H groups in total. The van der Waals surface area contributed by atoms with E-state index in [1.54, 1.807) is 4.90 Å². The number of likely N-dealkylation sites (tertiary alicyclic amines) is 1. The maximum atomic E-state index is 12.4. The molecule has 2 aliphatic rings. The summed E-state index contributed by atoms with van der Waals surface area (Å²) in [6.45, 7) is 6.28. The van der Waals surface area contributed by atoms with Gasteiger partial charge in [-0.3, -0.25) is 9.69 Å². The molecule has 2 atom stereocenters. The smallest absolute Gasteiger partial charge is 0.236 e. The summed E-state index contributed by atoms with van der Waals surface area (Å²) >= 11 is 0. The normalized spacial score (nSPS) is 27.3. The summed E-state index contributed by atoms with van der Waals surface area (Å²) in [5, 5.41) is 0. The molecule has 0 radical (unpaired) electrons. The summed E-state index contributed by atoms with van der Waals surface area (Å²) in [7, 11) is -1.36. The van der Waals surface area contributed by atoms with Crippen LogP contribution in [-0.4, -0.2) is 92.7 Å². The molecule has 0 aromatic carbocycles. The van der Waals surface area contributed by atoms with E-state index in [9.17, 15) is 13.2 Å². The molecule has 0 saturated carbocycles. The number of sulfonamides is 1. The number of ether oxygens (including phenoxy) is 1. The molecule has 1 amide bonds. The maximum Gasteiger partial charge on any atom is 0.236 e. The Morgan fingerprint density at radius 1 is 1.36 bits per heavy atom. The molecule has 8 heteroatoms. The van der Waals surface area contributed by atoms with Crippen molar-refractivity contribution in [2.45, 2.75) is 38.5 Å². The van der Waals surface area contributed by atoms with Crippen LogP contribution in [0.2, 0.25) is 0 Å². The molecule has 0 bridgehead atoms. The quantitative estimate of drug-likeness (QED) is 0.699. The minimum Gasteiger partial charge on any atom is -0.375 e. The lowest BCUT2D eigenvalue weighted by molar-refractivity contribution is -0.140. The molecule has 2 saturated heterocycles. The van der Waals surface area contributed by atoms with Crippen LogP contribution < -0.4 is 0 Å². The molecule has 7 nitrogen and oxygen atoms in total. The summed E-state index contributed by atoms with van der Waals surface area (Å²) in [4.78, 5) is 16.2. The van der Waals surface area contributed by atoms with Gasteiger partial charge in [-0.1, -0.05) is 0 Å². The van der Waals surface area contributed by atoms with Crippen LogP contribution in [0.5, 0.6) is 0 Å².